The van der Waals surface area contributed by atoms with Gasteiger partial charge in [0.2, 0.25) is 0 Å². The Kier molecular flexibility index (Phi) is 6.40. The van der Waals surface area contributed by atoms with Crippen molar-refractivity contribution in [2.75, 3.05) is 0 Å². The monoisotopic (exact) mass is 192 g/mol. The van der Waals surface area contributed by atoms with Crippen LogP contribution < -0.4 is 29.6 Å². The molecule has 0 radical (unpaired) electrons. The second-order valence-corrected chi connectivity index (χ2v) is 2.47. The van der Waals surface area contributed by atoms with Crippen molar-refractivity contribution in [3.8, 4) is 0 Å². The van der Waals surface area contributed by atoms with Gasteiger partial charge in [0.05, 0.1) is 0 Å². The van der Waals surface area contributed by atoms with Gasteiger partial charge >= 0.3 is 35.5 Å². The molecule has 0 saturated heterocycles. The van der Waals surface area contributed by atoms with Crippen molar-refractivity contribution in [2.45, 2.75) is 13.0 Å². The summed E-state index contributed by atoms with van der Waals surface area (Å²) in [5.74, 6) is -1.48. The Bertz CT molecular complexity index is 218. The van der Waals surface area contributed by atoms with Gasteiger partial charge in [-0.2, -0.15) is 0 Å². The van der Waals surface area contributed by atoms with Crippen LogP contribution in [0.25, 0.3) is 0 Å². The van der Waals surface area contributed by atoms with E-state index >= 15 is 0 Å². The fourth-order valence-corrected chi connectivity index (χ4v) is 0.511. The predicted octanol–water partition coefficient (Wildman–Crippen LogP) is -4.63. The van der Waals surface area contributed by atoms with Crippen molar-refractivity contribution < 1.29 is 56.6 Å². The van der Waals surface area contributed by atoms with Crippen LogP contribution in [0.4, 0.5) is 0 Å². The van der Waals surface area contributed by atoms with Gasteiger partial charge in [-0.1, -0.05) is 0 Å². The average Bonchev–Trinajstić information content (AvgIpc) is 1.60. The first-order chi connectivity index (χ1) is 4.33. The van der Waals surface area contributed by atoms with Crippen LogP contribution >= 0.6 is 0 Å². The molecule has 0 aromatic carbocycles. The average molecular weight is 192 g/mol. The Morgan fingerprint density at radius 2 is 2.00 bits per heavy atom. The topological polar surface area (TPSA) is 104 Å². The van der Waals surface area contributed by atoms with E-state index in [1.165, 1.54) is 0 Å². The Hall–Kier alpha value is 0.340. The summed E-state index contributed by atoms with van der Waals surface area (Å²) in [6.45, 7) is 0.980. The summed E-state index contributed by atoms with van der Waals surface area (Å²) in [7, 11) is -5.03. The van der Waals surface area contributed by atoms with E-state index in [2.05, 4.69) is 4.18 Å². The Morgan fingerprint density at radius 3 is 2.09 bits per heavy atom. The molecule has 0 aliphatic carbocycles. The molecule has 0 saturated carbocycles. The summed E-state index contributed by atoms with van der Waals surface area (Å²) < 4.78 is 32.1. The molecular weight excluding hydrogens is 187 g/mol. The zero-order valence-electron chi connectivity index (χ0n) is 5.97. The summed E-state index contributed by atoms with van der Waals surface area (Å²) in [6, 6.07) is 0. The summed E-state index contributed by atoms with van der Waals surface area (Å²) in [6.07, 6.45) is -1.61. The van der Waals surface area contributed by atoms with Crippen LogP contribution in [0.2, 0.25) is 0 Å². The standard InChI is InChI=1S/C3H6O6S.Na/c1-2(4)3(5)9-10(6,7)8;/h2,4H,1H3,(H,6,7,8);/q;+1/p-1. The van der Waals surface area contributed by atoms with E-state index in [0.29, 0.717) is 0 Å². The fraction of sp³-hybridized carbons (Fsp3) is 0.667. The van der Waals surface area contributed by atoms with E-state index in [-0.39, 0.29) is 29.6 Å². The maximum atomic E-state index is 10.1. The van der Waals surface area contributed by atoms with Gasteiger partial charge in [0.15, 0.2) is 0 Å². The van der Waals surface area contributed by atoms with Crippen LogP contribution in [-0.2, 0) is 19.4 Å². The molecule has 1 unspecified atom stereocenters. The van der Waals surface area contributed by atoms with E-state index < -0.39 is 22.5 Å². The minimum absolute atomic E-state index is 0. The predicted molar refractivity (Wildman–Crippen MR) is 27.5 cm³/mol. The number of hydrogen-bond donors (Lipinski definition) is 1. The maximum absolute atomic E-state index is 10.1. The largest absolute Gasteiger partial charge is 1.00 e. The number of rotatable bonds is 2. The Balaban J connectivity index is 0. The van der Waals surface area contributed by atoms with Crippen LogP contribution in [0.15, 0.2) is 0 Å². The van der Waals surface area contributed by atoms with Gasteiger partial charge in [0.1, 0.15) is 6.10 Å². The third-order valence-electron chi connectivity index (χ3n) is 0.525. The first kappa shape index (κ1) is 13.9. The van der Waals surface area contributed by atoms with Gasteiger partial charge in [-0.3, -0.25) is 0 Å². The third-order valence-corrected chi connectivity index (χ3v) is 0.894. The SMILES string of the molecule is CC(O)C(=O)OS(=O)(=O)[O-].[Na+]. The van der Waals surface area contributed by atoms with Gasteiger partial charge in [-0.05, 0) is 6.92 Å². The number of aliphatic hydroxyl groups is 1. The van der Waals surface area contributed by atoms with Crippen molar-refractivity contribution in [2.24, 2.45) is 0 Å². The smallest absolute Gasteiger partial charge is 0.716 e. The van der Waals surface area contributed by atoms with E-state index in [9.17, 15) is 17.8 Å². The second kappa shape index (κ2) is 5.07. The molecule has 0 aliphatic heterocycles. The molecule has 0 bridgehead atoms. The van der Waals surface area contributed by atoms with Crippen molar-refractivity contribution in [3.05, 3.63) is 0 Å². The van der Waals surface area contributed by atoms with Crippen molar-refractivity contribution in [1.29, 1.82) is 0 Å². The van der Waals surface area contributed by atoms with Crippen molar-refractivity contribution >= 4 is 16.4 Å². The number of hydrogen-bond acceptors (Lipinski definition) is 6. The summed E-state index contributed by atoms with van der Waals surface area (Å²) in [5, 5.41) is 8.31. The van der Waals surface area contributed by atoms with Gasteiger partial charge in [0, 0.05) is 0 Å². The molecule has 8 heteroatoms. The zero-order chi connectivity index (χ0) is 8.36. The summed E-state index contributed by atoms with van der Waals surface area (Å²) >= 11 is 0. The molecule has 0 amide bonds. The maximum Gasteiger partial charge on any atom is 1.00 e. The van der Waals surface area contributed by atoms with Gasteiger partial charge in [0.25, 0.3) is 10.4 Å². The quantitative estimate of drug-likeness (QED) is 0.268. The van der Waals surface area contributed by atoms with Crippen LogP contribution in [0, 0.1) is 0 Å². The molecule has 6 nitrogen and oxygen atoms in total. The molecule has 0 rings (SSSR count). The van der Waals surface area contributed by atoms with Gasteiger partial charge in [-0.15, -0.1) is 0 Å². The van der Waals surface area contributed by atoms with E-state index in [4.69, 9.17) is 5.11 Å². The van der Waals surface area contributed by atoms with Crippen LogP contribution in [-0.4, -0.2) is 30.2 Å². The molecule has 0 aliphatic rings. The number of carbonyl (C=O) groups excluding carboxylic acids is 1. The molecule has 0 aromatic heterocycles. The molecule has 0 heterocycles. The minimum Gasteiger partial charge on any atom is -0.716 e. The molecule has 0 fully saturated rings. The van der Waals surface area contributed by atoms with Gasteiger partial charge in [-0.25, -0.2) is 13.2 Å². The number of aliphatic hydroxyl groups excluding tert-OH is 1. The van der Waals surface area contributed by atoms with Gasteiger partial charge < -0.3 is 13.8 Å². The summed E-state index contributed by atoms with van der Waals surface area (Å²) in [4.78, 5) is 10.1. The molecule has 1 atom stereocenters. The Labute approximate surface area is 85.8 Å². The molecule has 11 heavy (non-hydrogen) atoms. The van der Waals surface area contributed by atoms with Crippen molar-refractivity contribution in [1.82, 2.24) is 0 Å². The normalized spacial score (nSPS) is 13.0. The minimum atomic E-state index is -5.03. The zero-order valence-corrected chi connectivity index (χ0v) is 8.79. The first-order valence-electron chi connectivity index (χ1n) is 2.20. The molecule has 1 N–H and O–H groups in total. The second-order valence-electron chi connectivity index (χ2n) is 1.49. The molecule has 60 valence electrons. The fourth-order valence-electron chi connectivity index (χ4n) is 0.170. The molecule has 0 spiro atoms. The molecule has 0 aromatic rings. The van der Waals surface area contributed by atoms with E-state index in [1.807, 2.05) is 0 Å². The number of carbonyl (C=O) groups is 1. The summed E-state index contributed by atoms with van der Waals surface area (Å²) in [5.41, 5.74) is 0. The van der Waals surface area contributed by atoms with Crippen molar-refractivity contribution in [3.63, 3.8) is 0 Å². The Morgan fingerprint density at radius 1 is 1.64 bits per heavy atom. The van der Waals surface area contributed by atoms with E-state index in [1.54, 1.807) is 0 Å². The van der Waals surface area contributed by atoms with Crippen LogP contribution in [0.3, 0.4) is 0 Å². The molecular formula is C3H5NaO6S. The van der Waals surface area contributed by atoms with E-state index in [0.717, 1.165) is 6.92 Å². The van der Waals surface area contributed by atoms with Crippen LogP contribution in [0.1, 0.15) is 6.92 Å². The van der Waals surface area contributed by atoms with Crippen LogP contribution in [0.5, 0.6) is 0 Å². The first-order valence-corrected chi connectivity index (χ1v) is 3.53. The third kappa shape index (κ3) is 8.24.